The molecule has 0 radical (unpaired) electrons. The number of allylic oxidation sites excluding steroid dienone is 1. The Labute approximate surface area is 134 Å². The molecule has 6 heteroatoms. The van der Waals surface area contributed by atoms with Crippen LogP contribution in [0.3, 0.4) is 0 Å². The second-order valence-electron chi connectivity index (χ2n) is 5.25. The summed E-state index contributed by atoms with van der Waals surface area (Å²) in [5, 5.41) is 6.44. The highest BCUT2D eigenvalue weighted by Gasteiger charge is 2.26. The van der Waals surface area contributed by atoms with Crippen LogP contribution in [0, 0.1) is 0 Å². The molecular formula is C17H18N4O2. The van der Waals surface area contributed by atoms with Crippen molar-refractivity contribution in [3.63, 3.8) is 0 Å². The first-order valence-corrected chi connectivity index (χ1v) is 7.26. The number of pyridine rings is 1. The quantitative estimate of drug-likeness (QED) is 0.773. The molecule has 23 heavy (non-hydrogen) atoms. The van der Waals surface area contributed by atoms with Gasteiger partial charge < -0.3 is 21.1 Å². The average molecular weight is 310 g/mol. The second kappa shape index (κ2) is 6.39. The molecule has 0 spiro atoms. The zero-order valence-electron chi connectivity index (χ0n) is 12.7. The van der Waals surface area contributed by atoms with Crippen molar-refractivity contribution in [2.45, 2.75) is 12.6 Å². The molecule has 1 aromatic carbocycles. The van der Waals surface area contributed by atoms with Crippen molar-refractivity contribution < 1.29 is 9.53 Å². The molecular weight excluding hydrogens is 292 g/mol. The lowest BCUT2D eigenvalue weighted by molar-refractivity contribution is -0.114. The fraction of sp³-hybridized carbons (Fsp3) is 0.176. The molecule has 0 fully saturated rings. The molecule has 2 aromatic rings. The fourth-order valence-corrected chi connectivity index (χ4v) is 2.53. The van der Waals surface area contributed by atoms with Crippen LogP contribution in [0.5, 0.6) is 5.75 Å². The number of nitrogens with two attached hydrogens (primary N) is 1. The molecule has 0 saturated carbocycles. The minimum atomic E-state index is -0.479. The maximum Gasteiger partial charge on any atom is 0.266 e. The Hall–Kier alpha value is -3.02. The molecule has 6 nitrogen and oxygen atoms in total. The van der Waals surface area contributed by atoms with Gasteiger partial charge in [0, 0.05) is 30.1 Å². The summed E-state index contributed by atoms with van der Waals surface area (Å²) >= 11 is 0. The van der Waals surface area contributed by atoms with E-state index in [1.807, 2.05) is 36.4 Å². The van der Waals surface area contributed by atoms with Crippen molar-refractivity contribution in [1.29, 1.82) is 0 Å². The van der Waals surface area contributed by atoms with Gasteiger partial charge in [-0.25, -0.2) is 0 Å². The summed E-state index contributed by atoms with van der Waals surface area (Å²) in [4.78, 5) is 15.8. The third kappa shape index (κ3) is 3.26. The Balaban J connectivity index is 1.80. The van der Waals surface area contributed by atoms with Gasteiger partial charge in [-0.1, -0.05) is 18.2 Å². The summed E-state index contributed by atoms with van der Waals surface area (Å²) in [5.41, 5.74) is 8.68. The van der Waals surface area contributed by atoms with E-state index in [9.17, 15) is 4.79 Å². The highest BCUT2D eigenvalue weighted by Crippen LogP contribution is 2.23. The predicted octanol–water partition coefficient (Wildman–Crippen LogP) is 1.22. The van der Waals surface area contributed by atoms with Crippen LogP contribution < -0.4 is 21.1 Å². The average Bonchev–Trinajstić information content (AvgIpc) is 3.00. The zero-order valence-corrected chi connectivity index (χ0v) is 12.7. The van der Waals surface area contributed by atoms with Gasteiger partial charge in [-0.3, -0.25) is 9.78 Å². The van der Waals surface area contributed by atoms with Crippen molar-refractivity contribution in [1.82, 2.24) is 15.6 Å². The van der Waals surface area contributed by atoms with Crippen LogP contribution in [0.25, 0.3) is 0 Å². The van der Waals surface area contributed by atoms with Crippen molar-refractivity contribution >= 4 is 5.91 Å². The van der Waals surface area contributed by atoms with Gasteiger partial charge >= 0.3 is 0 Å². The number of benzene rings is 1. The van der Waals surface area contributed by atoms with E-state index in [1.165, 1.54) is 0 Å². The Bertz CT molecular complexity index is 726. The predicted molar refractivity (Wildman–Crippen MR) is 86.2 cm³/mol. The number of nitrogens with one attached hydrogen (secondary N) is 2. The number of primary amides is 1. The lowest BCUT2D eigenvalue weighted by Crippen LogP contribution is -2.27. The van der Waals surface area contributed by atoms with Crippen LogP contribution in [-0.2, 0) is 11.2 Å². The molecule has 1 aliphatic rings. The van der Waals surface area contributed by atoms with E-state index in [-0.39, 0.29) is 6.17 Å². The summed E-state index contributed by atoms with van der Waals surface area (Å²) in [6.07, 6.45) is 3.82. The van der Waals surface area contributed by atoms with Gasteiger partial charge in [0.15, 0.2) is 0 Å². The molecule has 1 unspecified atom stereocenters. The Morgan fingerprint density at radius 2 is 2.04 bits per heavy atom. The largest absolute Gasteiger partial charge is 0.497 e. The summed E-state index contributed by atoms with van der Waals surface area (Å²) in [5.74, 6) is 0.316. The first-order chi connectivity index (χ1) is 11.2. The molecule has 0 saturated heterocycles. The molecule has 0 aliphatic carbocycles. The van der Waals surface area contributed by atoms with Crippen LogP contribution in [0.4, 0.5) is 0 Å². The minimum absolute atomic E-state index is 0.209. The summed E-state index contributed by atoms with van der Waals surface area (Å²) < 4.78 is 5.15. The van der Waals surface area contributed by atoms with Crippen molar-refractivity contribution in [2.75, 3.05) is 7.11 Å². The number of ether oxygens (including phenoxy) is 1. The first-order valence-electron chi connectivity index (χ1n) is 7.26. The lowest BCUT2D eigenvalue weighted by atomic mass is 10.1. The van der Waals surface area contributed by atoms with Crippen molar-refractivity contribution in [3.8, 4) is 5.75 Å². The number of rotatable bonds is 5. The topological polar surface area (TPSA) is 89.3 Å². The van der Waals surface area contributed by atoms with Crippen molar-refractivity contribution in [2.24, 2.45) is 5.73 Å². The van der Waals surface area contributed by atoms with Crippen molar-refractivity contribution in [3.05, 3.63) is 71.3 Å². The highest BCUT2D eigenvalue weighted by molar-refractivity contribution is 5.92. The maximum absolute atomic E-state index is 11.7. The van der Waals surface area contributed by atoms with E-state index in [2.05, 4.69) is 15.6 Å². The standard InChI is InChI=1S/C17H18N4O2/c1-23-13-6-4-11(5-7-13)9-14-15(16(18)22)21-17(20-14)12-3-2-8-19-10-12/h2-8,10,17,20-21H,9H2,1H3,(H2,18,22). The maximum atomic E-state index is 11.7. The SMILES string of the molecule is COc1ccc(CC2=C(C(N)=O)NC(c3cccnc3)N2)cc1. The summed E-state index contributed by atoms with van der Waals surface area (Å²) in [6, 6.07) is 11.5. The number of amides is 1. The van der Waals surface area contributed by atoms with E-state index >= 15 is 0 Å². The summed E-state index contributed by atoms with van der Waals surface area (Å²) in [7, 11) is 1.63. The highest BCUT2D eigenvalue weighted by atomic mass is 16.5. The molecule has 1 atom stereocenters. The number of methoxy groups -OCH3 is 1. The Morgan fingerprint density at radius 3 is 2.65 bits per heavy atom. The molecule has 1 aromatic heterocycles. The first kappa shape index (κ1) is 14.9. The van der Waals surface area contributed by atoms with Gasteiger partial charge in [-0.15, -0.1) is 0 Å². The number of nitrogens with zero attached hydrogens (tertiary/aromatic N) is 1. The number of hydrogen-bond donors (Lipinski definition) is 3. The second-order valence-corrected chi connectivity index (χ2v) is 5.25. The number of carbonyl (C=O) groups is 1. The van der Waals surface area contributed by atoms with Gasteiger partial charge in [0.2, 0.25) is 0 Å². The number of aromatic nitrogens is 1. The summed E-state index contributed by atoms with van der Waals surface area (Å²) in [6.45, 7) is 0. The molecule has 1 amide bonds. The normalized spacial score (nSPS) is 16.7. The van der Waals surface area contributed by atoms with E-state index in [4.69, 9.17) is 10.5 Å². The van der Waals surface area contributed by atoms with Gasteiger partial charge in [-0.05, 0) is 23.8 Å². The van der Waals surface area contributed by atoms with Gasteiger partial charge in [0.05, 0.1) is 7.11 Å². The van der Waals surface area contributed by atoms with E-state index in [0.717, 1.165) is 22.6 Å². The third-order valence-electron chi connectivity index (χ3n) is 3.71. The Morgan fingerprint density at radius 1 is 1.26 bits per heavy atom. The molecule has 118 valence electrons. The smallest absolute Gasteiger partial charge is 0.266 e. The molecule has 2 heterocycles. The van der Waals surface area contributed by atoms with E-state index in [1.54, 1.807) is 19.5 Å². The number of carbonyl (C=O) groups excluding carboxylic acids is 1. The van der Waals surface area contributed by atoms with E-state index in [0.29, 0.717) is 12.1 Å². The van der Waals surface area contributed by atoms with E-state index < -0.39 is 5.91 Å². The molecule has 0 bridgehead atoms. The fourth-order valence-electron chi connectivity index (χ4n) is 2.53. The van der Waals surface area contributed by atoms with Gasteiger partial charge in [-0.2, -0.15) is 0 Å². The molecule has 3 rings (SSSR count). The minimum Gasteiger partial charge on any atom is -0.497 e. The van der Waals surface area contributed by atoms with Crippen LogP contribution >= 0.6 is 0 Å². The van der Waals surface area contributed by atoms with Gasteiger partial charge in [0.25, 0.3) is 5.91 Å². The van der Waals surface area contributed by atoms with Gasteiger partial charge in [0.1, 0.15) is 17.6 Å². The number of hydrogen-bond acceptors (Lipinski definition) is 5. The lowest BCUT2D eigenvalue weighted by Gasteiger charge is -2.14. The van der Waals surface area contributed by atoms with Crippen LogP contribution in [0.2, 0.25) is 0 Å². The van der Waals surface area contributed by atoms with Crippen LogP contribution in [0.15, 0.2) is 60.2 Å². The monoisotopic (exact) mass is 310 g/mol. The molecule has 4 N–H and O–H groups in total. The molecule has 1 aliphatic heterocycles. The van der Waals surface area contributed by atoms with Crippen LogP contribution in [0.1, 0.15) is 17.3 Å². The third-order valence-corrected chi connectivity index (χ3v) is 3.71. The Kier molecular flexibility index (Phi) is 4.14. The zero-order chi connectivity index (χ0) is 16.2. The van der Waals surface area contributed by atoms with Crippen LogP contribution in [-0.4, -0.2) is 18.0 Å².